The number of carbonyl (C=O) groups excluding carboxylic acids is 1. The minimum absolute atomic E-state index is 0.119. The molecule has 0 aliphatic rings. The molecule has 4 nitrogen and oxygen atoms in total. The molecule has 0 bridgehead atoms. The fourth-order valence-electron chi connectivity index (χ4n) is 2.07. The molecule has 104 valence electrons. The lowest BCUT2D eigenvalue weighted by molar-refractivity contribution is 0.102. The van der Waals surface area contributed by atoms with Crippen LogP contribution in [0.4, 0.5) is 5.69 Å². The number of nitrogens with one attached hydrogen (secondary N) is 1. The second-order valence-corrected chi connectivity index (χ2v) is 4.77. The zero-order chi connectivity index (χ0) is 14.7. The maximum absolute atomic E-state index is 12.1. The molecule has 1 aromatic heterocycles. The molecule has 3 aromatic rings. The number of aromatic nitrogens is 1. The quantitative estimate of drug-likeness (QED) is 0.790. The number of aryl methyl sites for hydroxylation is 1. The van der Waals surface area contributed by atoms with E-state index >= 15 is 0 Å². The van der Waals surface area contributed by atoms with E-state index in [2.05, 4.69) is 10.3 Å². The summed E-state index contributed by atoms with van der Waals surface area (Å²) in [6, 6.07) is 14.9. The Hall–Kier alpha value is -2.88. The molecule has 0 fully saturated rings. The van der Waals surface area contributed by atoms with Crippen molar-refractivity contribution in [2.75, 3.05) is 5.32 Å². The monoisotopic (exact) mass is 278 g/mol. The fourth-order valence-corrected chi connectivity index (χ4v) is 2.07. The number of amides is 1. The van der Waals surface area contributed by atoms with E-state index < -0.39 is 0 Å². The van der Waals surface area contributed by atoms with Crippen LogP contribution >= 0.6 is 0 Å². The lowest BCUT2D eigenvalue weighted by atomic mass is 10.1. The highest BCUT2D eigenvalue weighted by Gasteiger charge is 2.07. The number of carbonyl (C=O) groups is 1. The average Bonchev–Trinajstić information content (AvgIpc) is 3.02. The molecule has 0 atom stereocenters. The maximum Gasteiger partial charge on any atom is 0.255 e. The van der Waals surface area contributed by atoms with Crippen LogP contribution in [0, 0.1) is 6.92 Å². The lowest BCUT2D eigenvalue weighted by Crippen LogP contribution is -2.11. The zero-order valence-electron chi connectivity index (χ0n) is 11.5. The molecule has 0 spiro atoms. The van der Waals surface area contributed by atoms with E-state index in [9.17, 15) is 4.79 Å². The molecule has 3 rings (SSSR count). The first-order valence-corrected chi connectivity index (χ1v) is 6.59. The van der Waals surface area contributed by atoms with Gasteiger partial charge in [0.15, 0.2) is 12.2 Å². The number of hydrogen-bond donors (Lipinski definition) is 1. The molecule has 0 saturated heterocycles. The van der Waals surface area contributed by atoms with Crippen LogP contribution in [-0.4, -0.2) is 10.9 Å². The van der Waals surface area contributed by atoms with Crippen molar-refractivity contribution in [3.8, 4) is 11.3 Å². The third kappa shape index (κ3) is 3.00. The van der Waals surface area contributed by atoms with Gasteiger partial charge in [-0.2, -0.15) is 0 Å². The van der Waals surface area contributed by atoms with E-state index in [-0.39, 0.29) is 5.91 Å². The van der Waals surface area contributed by atoms with Crippen LogP contribution in [0.1, 0.15) is 15.9 Å². The first kappa shape index (κ1) is 13.1. The summed E-state index contributed by atoms with van der Waals surface area (Å²) in [5, 5.41) is 2.87. The lowest BCUT2D eigenvalue weighted by Gasteiger charge is -2.06. The Balaban J connectivity index is 1.75. The topological polar surface area (TPSA) is 55.1 Å². The predicted molar refractivity (Wildman–Crippen MR) is 81.1 cm³/mol. The van der Waals surface area contributed by atoms with Gasteiger partial charge in [0.2, 0.25) is 0 Å². The van der Waals surface area contributed by atoms with Crippen molar-refractivity contribution < 1.29 is 9.21 Å². The molecule has 21 heavy (non-hydrogen) atoms. The summed E-state index contributed by atoms with van der Waals surface area (Å²) in [6.07, 6.45) is 3.04. The minimum Gasteiger partial charge on any atom is -0.444 e. The molecule has 0 aliphatic heterocycles. The summed E-state index contributed by atoms with van der Waals surface area (Å²) in [4.78, 5) is 16.0. The highest BCUT2D eigenvalue weighted by Crippen LogP contribution is 2.21. The highest BCUT2D eigenvalue weighted by molar-refractivity contribution is 6.04. The molecule has 1 N–H and O–H groups in total. The van der Waals surface area contributed by atoms with Gasteiger partial charge in [0.05, 0.1) is 6.20 Å². The average molecular weight is 278 g/mol. The smallest absolute Gasteiger partial charge is 0.255 e. The van der Waals surface area contributed by atoms with Crippen molar-refractivity contribution in [1.82, 2.24) is 4.98 Å². The summed E-state index contributed by atoms with van der Waals surface area (Å²) in [7, 11) is 0. The molecule has 0 aliphatic carbocycles. The van der Waals surface area contributed by atoms with Gasteiger partial charge in [0.1, 0.15) is 0 Å². The Morgan fingerprint density at radius 1 is 1.14 bits per heavy atom. The summed E-state index contributed by atoms with van der Waals surface area (Å²) < 4.78 is 5.22. The van der Waals surface area contributed by atoms with Gasteiger partial charge in [0.25, 0.3) is 5.91 Å². The molecule has 2 aromatic carbocycles. The van der Waals surface area contributed by atoms with E-state index in [4.69, 9.17) is 4.42 Å². The van der Waals surface area contributed by atoms with Gasteiger partial charge < -0.3 is 9.73 Å². The van der Waals surface area contributed by atoms with Crippen LogP contribution in [-0.2, 0) is 0 Å². The van der Waals surface area contributed by atoms with Gasteiger partial charge in [-0.05, 0) is 43.3 Å². The normalized spacial score (nSPS) is 10.3. The first-order valence-electron chi connectivity index (χ1n) is 6.59. The molecule has 0 saturated carbocycles. The zero-order valence-corrected chi connectivity index (χ0v) is 11.5. The van der Waals surface area contributed by atoms with E-state index in [1.165, 1.54) is 6.39 Å². The van der Waals surface area contributed by atoms with E-state index in [0.717, 1.165) is 16.8 Å². The predicted octanol–water partition coefficient (Wildman–Crippen LogP) is 3.90. The molecule has 1 amide bonds. The van der Waals surface area contributed by atoms with Crippen LogP contribution < -0.4 is 5.32 Å². The Bertz CT molecular complexity index is 747. The van der Waals surface area contributed by atoms with Crippen LogP contribution in [0.15, 0.2) is 65.5 Å². The molecular weight excluding hydrogens is 264 g/mol. The van der Waals surface area contributed by atoms with Gasteiger partial charge in [-0.1, -0.05) is 17.7 Å². The van der Waals surface area contributed by atoms with Gasteiger partial charge in [0, 0.05) is 16.8 Å². The van der Waals surface area contributed by atoms with E-state index in [1.54, 1.807) is 12.3 Å². The van der Waals surface area contributed by atoms with Crippen LogP contribution in [0.3, 0.4) is 0 Å². The van der Waals surface area contributed by atoms with E-state index in [0.29, 0.717) is 11.3 Å². The Kier molecular flexibility index (Phi) is 3.51. The summed E-state index contributed by atoms with van der Waals surface area (Å²) in [5.74, 6) is 0.581. The second-order valence-electron chi connectivity index (χ2n) is 4.77. The number of anilines is 1. The first-order chi connectivity index (χ1) is 10.2. The number of nitrogens with zero attached hydrogens (tertiary/aromatic N) is 1. The van der Waals surface area contributed by atoms with Gasteiger partial charge in [-0.3, -0.25) is 4.79 Å². The minimum atomic E-state index is -0.119. The molecule has 4 heteroatoms. The van der Waals surface area contributed by atoms with Crippen LogP contribution in [0.2, 0.25) is 0 Å². The highest BCUT2D eigenvalue weighted by atomic mass is 16.3. The number of oxazole rings is 1. The summed E-state index contributed by atoms with van der Waals surface area (Å²) in [5.41, 5.74) is 3.36. The van der Waals surface area contributed by atoms with Crippen molar-refractivity contribution in [2.45, 2.75) is 6.92 Å². The van der Waals surface area contributed by atoms with Gasteiger partial charge in [-0.15, -0.1) is 0 Å². The molecule has 0 radical (unpaired) electrons. The Morgan fingerprint density at radius 2 is 1.95 bits per heavy atom. The van der Waals surface area contributed by atoms with Crippen molar-refractivity contribution >= 4 is 11.6 Å². The SMILES string of the molecule is Cc1cccc(C(=O)Nc2ccc(-c3cnco3)cc2)c1. The van der Waals surface area contributed by atoms with Crippen LogP contribution in [0.5, 0.6) is 0 Å². The van der Waals surface area contributed by atoms with Crippen molar-refractivity contribution in [3.63, 3.8) is 0 Å². The summed E-state index contributed by atoms with van der Waals surface area (Å²) in [6.45, 7) is 1.96. The van der Waals surface area contributed by atoms with Gasteiger partial charge in [-0.25, -0.2) is 4.98 Å². The maximum atomic E-state index is 12.1. The van der Waals surface area contributed by atoms with E-state index in [1.807, 2.05) is 49.4 Å². The molecule has 0 unspecified atom stereocenters. The third-order valence-corrected chi connectivity index (χ3v) is 3.14. The van der Waals surface area contributed by atoms with Crippen molar-refractivity contribution in [3.05, 3.63) is 72.2 Å². The Morgan fingerprint density at radius 3 is 2.62 bits per heavy atom. The molecular formula is C17H14N2O2. The van der Waals surface area contributed by atoms with Crippen molar-refractivity contribution in [2.24, 2.45) is 0 Å². The largest absolute Gasteiger partial charge is 0.444 e. The number of hydrogen-bond acceptors (Lipinski definition) is 3. The van der Waals surface area contributed by atoms with Crippen molar-refractivity contribution in [1.29, 1.82) is 0 Å². The third-order valence-electron chi connectivity index (χ3n) is 3.14. The standard InChI is InChI=1S/C17H14N2O2/c1-12-3-2-4-14(9-12)17(20)19-15-7-5-13(6-8-15)16-10-18-11-21-16/h2-11H,1H3,(H,19,20). The number of rotatable bonds is 3. The van der Waals surface area contributed by atoms with Crippen LogP contribution in [0.25, 0.3) is 11.3 Å². The fraction of sp³-hybridized carbons (Fsp3) is 0.0588. The second kappa shape index (κ2) is 5.63. The number of benzene rings is 2. The Labute approximate surface area is 122 Å². The summed E-state index contributed by atoms with van der Waals surface area (Å²) >= 11 is 0. The molecule has 1 heterocycles. The van der Waals surface area contributed by atoms with Gasteiger partial charge >= 0.3 is 0 Å².